The summed E-state index contributed by atoms with van der Waals surface area (Å²) in [5.41, 5.74) is 0.682. The second-order valence-corrected chi connectivity index (χ2v) is 6.85. The Morgan fingerprint density at radius 3 is 2.85 bits per heavy atom. The molecule has 0 saturated carbocycles. The van der Waals surface area contributed by atoms with Gasteiger partial charge in [0.25, 0.3) is 11.5 Å². The van der Waals surface area contributed by atoms with Crippen molar-refractivity contribution in [2.45, 2.75) is 26.1 Å². The van der Waals surface area contributed by atoms with Crippen LogP contribution in [0.25, 0.3) is 10.9 Å². The molecule has 0 bridgehead atoms. The Morgan fingerprint density at radius 1 is 1.30 bits per heavy atom. The van der Waals surface area contributed by atoms with E-state index < -0.39 is 0 Å². The number of aryl methyl sites for hydroxylation is 1. The van der Waals surface area contributed by atoms with Crippen molar-refractivity contribution in [1.82, 2.24) is 24.2 Å². The molecule has 8 nitrogen and oxygen atoms in total. The maximum atomic E-state index is 13.1. The molecule has 2 aromatic heterocycles. The van der Waals surface area contributed by atoms with E-state index in [2.05, 4.69) is 10.2 Å². The van der Waals surface area contributed by atoms with Crippen molar-refractivity contribution in [2.24, 2.45) is 7.05 Å². The van der Waals surface area contributed by atoms with E-state index in [1.807, 2.05) is 35.8 Å². The lowest BCUT2D eigenvalue weighted by atomic mass is 10.1. The molecule has 0 fully saturated rings. The number of methoxy groups -OCH3 is 1. The zero-order chi connectivity index (χ0) is 19.1. The van der Waals surface area contributed by atoms with E-state index >= 15 is 0 Å². The van der Waals surface area contributed by atoms with Crippen LogP contribution in [-0.2, 0) is 24.9 Å². The van der Waals surface area contributed by atoms with Crippen LogP contribution in [0.3, 0.4) is 0 Å². The molecule has 1 atom stereocenters. The number of hydrogen-bond acceptors (Lipinski definition) is 5. The smallest absolute Gasteiger partial charge is 0.263 e. The van der Waals surface area contributed by atoms with Gasteiger partial charge in [-0.1, -0.05) is 18.2 Å². The first kappa shape index (κ1) is 17.4. The lowest BCUT2D eigenvalue weighted by Gasteiger charge is -2.32. The SMILES string of the molecule is COCc1nnc2n1[C@@H](C)CN(C(=O)c1cc3ccccc3n(C)c1=O)C2. The standard InChI is InChI=1S/C19H21N5O3/c1-12-9-23(10-16-20-21-17(11-27-3)24(12)16)19(26)14-8-13-6-4-5-7-15(13)22(2)18(14)25/h4-8,12H,9-11H2,1-3H3/t12-/m0/s1. The molecule has 1 amide bonds. The molecule has 1 aliphatic rings. The van der Waals surface area contributed by atoms with Gasteiger partial charge in [0.1, 0.15) is 12.2 Å². The third-order valence-electron chi connectivity index (χ3n) is 5.02. The quantitative estimate of drug-likeness (QED) is 0.701. The molecule has 0 unspecified atom stereocenters. The monoisotopic (exact) mass is 367 g/mol. The number of pyridine rings is 1. The van der Waals surface area contributed by atoms with E-state index in [1.54, 1.807) is 25.1 Å². The number of ether oxygens (including phenoxy) is 1. The van der Waals surface area contributed by atoms with Crippen LogP contribution < -0.4 is 5.56 Å². The summed E-state index contributed by atoms with van der Waals surface area (Å²) >= 11 is 0. The van der Waals surface area contributed by atoms with Crippen LogP contribution in [0.2, 0.25) is 0 Å². The van der Waals surface area contributed by atoms with Gasteiger partial charge >= 0.3 is 0 Å². The van der Waals surface area contributed by atoms with Crippen LogP contribution in [-0.4, -0.2) is 43.8 Å². The molecule has 0 spiro atoms. The minimum atomic E-state index is -0.293. The largest absolute Gasteiger partial charge is 0.377 e. The van der Waals surface area contributed by atoms with E-state index in [4.69, 9.17) is 4.74 Å². The van der Waals surface area contributed by atoms with Gasteiger partial charge in [0, 0.05) is 20.7 Å². The number of rotatable bonds is 3. The highest BCUT2D eigenvalue weighted by Crippen LogP contribution is 2.23. The number of para-hydroxylation sites is 1. The number of fused-ring (bicyclic) bond motifs is 2. The van der Waals surface area contributed by atoms with Crippen molar-refractivity contribution >= 4 is 16.8 Å². The summed E-state index contributed by atoms with van der Waals surface area (Å²) in [5.74, 6) is 1.16. The highest BCUT2D eigenvalue weighted by Gasteiger charge is 2.30. The van der Waals surface area contributed by atoms with E-state index in [9.17, 15) is 9.59 Å². The van der Waals surface area contributed by atoms with Crippen molar-refractivity contribution in [1.29, 1.82) is 0 Å². The summed E-state index contributed by atoms with van der Waals surface area (Å²) < 4.78 is 8.69. The first-order chi connectivity index (χ1) is 13.0. The summed E-state index contributed by atoms with van der Waals surface area (Å²) in [5, 5.41) is 9.22. The van der Waals surface area contributed by atoms with Gasteiger partial charge in [0.15, 0.2) is 11.6 Å². The average Bonchev–Trinajstić information content (AvgIpc) is 3.08. The number of carbonyl (C=O) groups excluding carboxylic acids is 1. The zero-order valence-electron chi connectivity index (χ0n) is 15.5. The van der Waals surface area contributed by atoms with Crippen molar-refractivity contribution in [3.8, 4) is 0 Å². The molecule has 3 aromatic rings. The molecule has 4 rings (SSSR count). The Morgan fingerprint density at radius 2 is 2.07 bits per heavy atom. The van der Waals surface area contributed by atoms with Gasteiger partial charge in [-0.3, -0.25) is 9.59 Å². The Balaban J connectivity index is 1.71. The molecule has 0 N–H and O–H groups in total. The maximum absolute atomic E-state index is 13.1. The van der Waals surface area contributed by atoms with Gasteiger partial charge in [-0.05, 0) is 24.4 Å². The third-order valence-corrected chi connectivity index (χ3v) is 5.02. The first-order valence-corrected chi connectivity index (χ1v) is 8.81. The summed E-state index contributed by atoms with van der Waals surface area (Å²) in [6.07, 6.45) is 0. The molecule has 3 heterocycles. The maximum Gasteiger partial charge on any atom is 0.263 e. The number of amides is 1. The molecule has 8 heteroatoms. The number of benzene rings is 1. The summed E-state index contributed by atoms with van der Waals surface area (Å²) in [6.45, 7) is 3.17. The van der Waals surface area contributed by atoms with Crippen molar-refractivity contribution < 1.29 is 9.53 Å². The van der Waals surface area contributed by atoms with Gasteiger partial charge in [-0.25, -0.2) is 0 Å². The van der Waals surface area contributed by atoms with Crippen LogP contribution in [0.5, 0.6) is 0 Å². The average molecular weight is 367 g/mol. The van der Waals surface area contributed by atoms with Gasteiger partial charge < -0.3 is 18.8 Å². The molecule has 0 saturated heterocycles. The van der Waals surface area contributed by atoms with Crippen molar-refractivity contribution in [2.75, 3.05) is 13.7 Å². The third kappa shape index (κ3) is 2.82. The predicted octanol–water partition coefficient (Wildman–Crippen LogP) is 1.49. The Bertz CT molecular complexity index is 1080. The highest BCUT2D eigenvalue weighted by atomic mass is 16.5. The van der Waals surface area contributed by atoms with Crippen LogP contribution in [0.1, 0.15) is 35.0 Å². The molecule has 140 valence electrons. The molecule has 0 radical (unpaired) electrons. The Kier molecular flexibility index (Phi) is 4.27. The van der Waals surface area contributed by atoms with Gasteiger partial charge in [0.05, 0.1) is 18.1 Å². The first-order valence-electron chi connectivity index (χ1n) is 8.81. The molecular weight excluding hydrogens is 346 g/mol. The van der Waals surface area contributed by atoms with E-state index in [-0.39, 0.29) is 23.1 Å². The molecule has 0 aliphatic carbocycles. The van der Waals surface area contributed by atoms with E-state index in [0.717, 1.165) is 16.7 Å². The predicted molar refractivity (Wildman–Crippen MR) is 99.4 cm³/mol. The van der Waals surface area contributed by atoms with Gasteiger partial charge in [0.2, 0.25) is 0 Å². The number of nitrogens with zero attached hydrogens (tertiary/aromatic N) is 5. The molecule has 1 aliphatic heterocycles. The molecule has 27 heavy (non-hydrogen) atoms. The van der Waals surface area contributed by atoms with Crippen LogP contribution in [0.15, 0.2) is 35.1 Å². The minimum absolute atomic E-state index is 0.00200. The van der Waals surface area contributed by atoms with E-state index in [0.29, 0.717) is 25.5 Å². The number of hydrogen-bond donors (Lipinski definition) is 0. The molecular formula is C19H21N5O3. The summed E-state index contributed by atoms with van der Waals surface area (Å²) in [4.78, 5) is 27.5. The fourth-order valence-electron chi connectivity index (χ4n) is 3.74. The fourth-order valence-corrected chi connectivity index (χ4v) is 3.74. The van der Waals surface area contributed by atoms with Gasteiger partial charge in [-0.15, -0.1) is 10.2 Å². The zero-order valence-corrected chi connectivity index (χ0v) is 15.5. The van der Waals surface area contributed by atoms with Crippen LogP contribution in [0, 0.1) is 0 Å². The van der Waals surface area contributed by atoms with Gasteiger partial charge in [-0.2, -0.15) is 0 Å². The van der Waals surface area contributed by atoms with Crippen LogP contribution in [0.4, 0.5) is 0 Å². The topological polar surface area (TPSA) is 82.2 Å². The highest BCUT2D eigenvalue weighted by molar-refractivity contribution is 5.97. The second-order valence-electron chi connectivity index (χ2n) is 6.85. The number of carbonyl (C=O) groups is 1. The Labute approximate surface area is 156 Å². The summed E-state index contributed by atoms with van der Waals surface area (Å²) in [7, 11) is 3.30. The fraction of sp³-hybridized carbons (Fsp3) is 0.368. The molecule has 1 aromatic carbocycles. The lowest BCUT2D eigenvalue weighted by molar-refractivity contribution is 0.0673. The second kappa shape index (κ2) is 6.62. The normalized spacial score (nSPS) is 16.6. The minimum Gasteiger partial charge on any atom is -0.377 e. The lowest BCUT2D eigenvalue weighted by Crippen LogP contribution is -2.43. The summed E-state index contributed by atoms with van der Waals surface area (Å²) in [6, 6.07) is 9.22. The van der Waals surface area contributed by atoms with Crippen molar-refractivity contribution in [3.63, 3.8) is 0 Å². The van der Waals surface area contributed by atoms with E-state index in [1.165, 1.54) is 4.57 Å². The Hall–Kier alpha value is -3.00. The van der Waals surface area contributed by atoms with Crippen LogP contribution >= 0.6 is 0 Å². The number of aromatic nitrogens is 4. The van der Waals surface area contributed by atoms with Crippen molar-refractivity contribution in [3.05, 3.63) is 57.9 Å².